The van der Waals surface area contributed by atoms with Gasteiger partial charge in [0.2, 0.25) is 11.8 Å². The lowest BCUT2D eigenvalue weighted by Gasteiger charge is -2.10. The number of hydrogen-bond donors (Lipinski definition) is 4. The monoisotopic (exact) mass is 216 g/mol. The molecule has 88 valence electrons. The molecule has 0 fully saturated rings. The van der Waals surface area contributed by atoms with Gasteiger partial charge in [0.15, 0.2) is 0 Å². The summed E-state index contributed by atoms with van der Waals surface area (Å²) in [5.74, 6) is -0.271. The molecule has 0 aliphatic heterocycles. The number of primary amides is 1. The van der Waals surface area contributed by atoms with Gasteiger partial charge in [-0.1, -0.05) is 13.8 Å². The lowest BCUT2D eigenvalue weighted by Crippen LogP contribution is -2.46. The molecule has 2 amide bonds. The van der Waals surface area contributed by atoms with E-state index in [0.717, 1.165) is 0 Å². The van der Waals surface area contributed by atoms with Crippen LogP contribution in [0.4, 0.5) is 0 Å². The number of hydrogen-bond acceptors (Lipinski definition) is 4. The fraction of sp³-hybridized carbons (Fsp3) is 0.778. The molecule has 1 unspecified atom stereocenters. The molecular formula is C9H20N4O2. The summed E-state index contributed by atoms with van der Waals surface area (Å²) in [6.45, 7) is 5.02. The summed E-state index contributed by atoms with van der Waals surface area (Å²) < 4.78 is 0. The van der Waals surface area contributed by atoms with Crippen LogP contribution < -0.4 is 22.1 Å². The van der Waals surface area contributed by atoms with Crippen LogP contribution >= 0.6 is 0 Å². The number of carbonyl (C=O) groups excluding carboxylic acids is 2. The van der Waals surface area contributed by atoms with E-state index in [9.17, 15) is 9.59 Å². The van der Waals surface area contributed by atoms with Crippen molar-refractivity contribution in [1.82, 2.24) is 10.6 Å². The third-order valence-corrected chi connectivity index (χ3v) is 1.72. The number of carbonyl (C=O) groups is 2. The van der Waals surface area contributed by atoms with Crippen molar-refractivity contribution in [3.8, 4) is 0 Å². The van der Waals surface area contributed by atoms with Crippen molar-refractivity contribution in [3.63, 3.8) is 0 Å². The topological polar surface area (TPSA) is 110 Å². The van der Waals surface area contributed by atoms with E-state index < -0.39 is 11.9 Å². The summed E-state index contributed by atoms with van der Waals surface area (Å²) in [4.78, 5) is 21.7. The SMILES string of the molecule is CC(C)CNC(=O)CNCC(N)C(N)=O. The highest BCUT2D eigenvalue weighted by Gasteiger charge is 2.09. The summed E-state index contributed by atoms with van der Waals surface area (Å²) in [5.41, 5.74) is 10.3. The molecule has 0 aromatic rings. The van der Waals surface area contributed by atoms with Crippen molar-refractivity contribution in [2.24, 2.45) is 17.4 Å². The molecule has 0 saturated carbocycles. The molecule has 0 aliphatic carbocycles. The zero-order valence-electron chi connectivity index (χ0n) is 9.25. The lowest BCUT2D eigenvalue weighted by atomic mass is 10.2. The van der Waals surface area contributed by atoms with Gasteiger partial charge in [0.1, 0.15) is 0 Å². The predicted molar refractivity (Wildman–Crippen MR) is 57.9 cm³/mol. The molecule has 0 radical (unpaired) electrons. The van der Waals surface area contributed by atoms with Crippen molar-refractivity contribution >= 4 is 11.8 Å². The Bertz CT molecular complexity index is 218. The van der Waals surface area contributed by atoms with Gasteiger partial charge in [-0.25, -0.2) is 0 Å². The average molecular weight is 216 g/mol. The van der Waals surface area contributed by atoms with E-state index in [1.807, 2.05) is 13.8 Å². The molecule has 6 N–H and O–H groups in total. The Kier molecular flexibility index (Phi) is 6.64. The second kappa shape index (κ2) is 7.19. The van der Waals surface area contributed by atoms with Crippen LogP contribution in [0.1, 0.15) is 13.8 Å². The largest absolute Gasteiger partial charge is 0.368 e. The van der Waals surface area contributed by atoms with E-state index in [4.69, 9.17) is 11.5 Å². The maximum absolute atomic E-state index is 11.2. The summed E-state index contributed by atoms with van der Waals surface area (Å²) in [7, 11) is 0. The van der Waals surface area contributed by atoms with Crippen molar-refractivity contribution in [2.75, 3.05) is 19.6 Å². The summed E-state index contributed by atoms with van der Waals surface area (Å²) in [6.07, 6.45) is 0. The maximum Gasteiger partial charge on any atom is 0.235 e. The van der Waals surface area contributed by atoms with Gasteiger partial charge in [0.25, 0.3) is 0 Å². The van der Waals surface area contributed by atoms with Gasteiger partial charge in [-0.2, -0.15) is 0 Å². The lowest BCUT2D eigenvalue weighted by molar-refractivity contribution is -0.121. The highest BCUT2D eigenvalue weighted by atomic mass is 16.2. The Morgan fingerprint density at radius 2 is 1.87 bits per heavy atom. The first-order valence-corrected chi connectivity index (χ1v) is 4.95. The summed E-state index contributed by atoms with van der Waals surface area (Å²) in [5, 5.41) is 5.48. The Labute approximate surface area is 89.8 Å². The Morgan fingerprint density at radius 3 is 2.33 bits per heavy atom. The third kappa shape index (κ3) is 7.90. The zero-order chi connectivity index (χ0) is 11.8. The number of rotatable bonds is 7. The van der Waals surface area contributed by atoms with Crippen LogP contribution in [-0.4, -0.2) is 37.5 Å². The molecule has 0 aromatic carbocycles. The highest BCUT2D eigenvalue weighted by molar-refractivity contribution is 5.80. The molecule has 0 aliphatic rings. The standard InChI is InChI=1S/C9H20N4O2/c1-6(2)3-13-8(14)5-12-4-7(10)9(11)15/h6-7,12H,3-5,10H2,1-2H3,(H2,11,15)(H,13,14). The number of nitrogens with one attached hydrogen (secondary N) is 2. The molecule has 0 bridgehead atoms. The van der Waals surface area contributed by atoms with Gasteiger partial charge in [0.05, 0.1) is 12.6 Å². The normalized spacial score (nSPS) is 12.5. The van der Waals surface area contributed by atoms with E-state index in [-0.39, 0.29) is 19.0 Å². The van der Waals surface area contributed by atoms with Gasteiger partial charge in [-0.15, -0.1) is 0 Å². The molecular weight excluding hydrogens is 196 g/mol. The molecule has 0 spiro atoms. The van der Waals surface area contributed by atoms with Crippen molar-refractivity contribution in [2.45, 2.75) is 19.9 Å². The molecule has 0 heterocycles. The van der Waals surface area contributed by atoms with E-state index in [1.54, 1.807) is 0 Å². The second-order valence-electron chi connectivity index (χ2n) is 3.84. The summed E-state index contributed by atoms with van der Waals surface area (Å²) >= 11 is 0. The van der Waals surface area contributed by atoms with Crippen molar-refractivity contribution < 1.29 is 9.59 Å². The number of amides is 2. The van der Waals surface area contributed by atoms with Crippen LogP contribution in [0.2, 0.25) is 0 Å². The van der Waals surface area contributed by atoms with Crippen LogP contribution in [0, 0.1) is 5.92 Å². The summed E-state index contributed by atoms with van der Waals surface area (Å²) in [6, 6.07) is -0.747. The minimum Gasteiger partial charge on any atom is -0.368 e. The van der Waals surface area contributed by atoms with Gasteiger partial charge < -0.3 is 22.1 Å². The first-order chi connectivity index (χ1) is 6.93. The highest BCUT2D eigenvalue weighted by Crippen LogP contribution is 1.86. The molecule has 0 aromatic heterocycles. The first-order valence-electron chi connectivity index (χ1n) is 4.95. The number of nitrogens with two attached hydrogens (primary N) is 2. The minimum atomic E-state index is -0.747. The van der Waals surface area contributed by atoms with E-state index in [2.05, 4.69) is 10.6 Å². The Morgan fingerprint density at radius 1 is 1.27 bits per heavy atom. The quantitative estimate of drug-likeness (QED) is 0.401. The van der Waals surface area contributed by atoms with E-state index >= 15 is 0 Å². The van der Waals surface area contributed by atoms with Crippen LogP contribution in [0.3, 0.4) is 0 Å². The van der Waals surface area contributed by atoms with Gasteiger partial charge in [-0.3, -0.25) is 9.59 Å². The minimum absolute atomic E-state index is 0.111. The van der Waals surface area contributed by atoms with Gasteiger partial charge >= 0.3 is 0 Å². The van der Waals surface area contributed by atoms with Crippen LogP contribution in [-0.2, 0) is 9.59 Å². The van der Waals surface area contributed by atoms with Crippen molar-refractivity contribution in [3.05, 3.63) is 0 Å². The molecule has 0 saturated heterocycles. The van der Waals surface area contributed by atoms with Gasteiger partial charge in [-0.05, 0) is 5.92 Å². The Hall–Kier alpha value is -1.14. The molecule has 6 heteroatoms. The fourth-order valence-electron chi connectivity index (χ4n) is 0.822. The molecule has 1 atom stereocenters. The van der Waals surface area contributed by atoms with Crippen molar-refractivity contribution in [1.29, 1.82) is 0 Å². The second-order valence-corrected chi connectivity index (χ2v) is 3.84. The van der Waals surface area contributed by atoms with E-state index in [0.29, 0.717) is 12.5 Å². The van der Waals surface area contributed by atoms with Crippen LogP contribution in [0.5, 0.6) is 0 Å². The van der Waals surface area contributed by atoms with Crippen LogP contribution in [0.25, 0.3) is 0 Å². The van der Waals surface area contributed by atoms with Crippen LogP contribution in [0.15, 0.2) is 0 Å². The van der Waals surface area contributed by atoms with Gasteiger partial charge in [0, 0.05) is 13.1 Å². The predicted octanol–water partition coefficient (Wildman–Crippen LogP) is -1.84. The zero-order valence-corrected chi connectivity index (χ0v) is 9.25. The molecule has 15 heavy (non-hydrogen) atoms. The smallest absolute Gasteiger partial charge is 0.235 e. The fourth-order valence-corrected chi connectivity index (χ4v) is 0.822. The molecule has 0 rings (SSSR count). The Balaban J connectivity index is 3.51. The third-order valence-electron chi connectivity index (χ3n) is 1.72. The average Bonchev–Trinajstić information content (AvgIpc) is 2.14. The first kappa shape index (κ1) is 13.9. The van der Waals surface area contributed by atoms with E-state index in [1.165, 1.54) is 0 Å². The molecule has 6 nitrogen and oxygen atoms in total. The maximum atomic E-state index is 11.2.